The van der Waals surface area contributed by atoms with E-state index in [-0.39, 0.29) is 18.1 Å². The number of carbonyl (C=O) groups excluding carboxylic acids is 1. The summed E-state index contributed by atoms with van der Waals surface area (Å²) in [5.41, 5.74) is 3.40. The van der Waals surface area contributed by atoms with Gasteiger partial charge in [0.2, 0.25) is 0 Å². The van der Waals surface area contributed by atoms with Crippen molar-refractivity contribution in [2.45, 2.75) is 38.8 Å². The van der Waals surface area contributed by atoms with Crippen LogP contribution < -0.4 is 5.32 Å². The normalized spacial score (nSPS) is 21.5. The molecule has 1 saturated heterocycles. The highest BCUT2D eigenvalue weighted by atomic mass is 32.1. The lowest BCUT2D eigenvalue weighted by atomic mass is 9.95. The molecule has 1 aliphatic heterocycles. The predicted octanol–water partition coefficient (Wildman–Crippen LogP) is 4.02. The number of hydrogen-bond acceptors (Lipinski definition) is 3. The lowest BCUT2D eigenvalue weighted by Gasteiger charge is -2.32. The number of carbonyl (C=O) groups is 1. The molecule has 0 radical (unpaired) electrons. The zero-order valence-corrected chi connectivity index (χ0v) is 13.8. The number of aryl methyl sites for hydroxylation is 2. The highest BCUT2D eigenvalue weighted by Gasteiger charge is 2.29. The molecule has 2 aromatic rings. The van der Waals surface area contributed by atoms with Crippen LogP contribution in [-0.2, 0) is 4.74 Å². The number of hydrogen-bond donors (Lipinski definition) is 1. The van der Waals surface area contributed by atoms with Gasteiger partial charge in [-0.15, -0.1) is 11.3 Å². The Labute approximate surface area is 135 Å². The molecule has 4 heteroatoms. The monoisotopic (exact) mass is 315 g/mol. The van der Waals surface area contributed by atoms with Gasteiger partial charge in [0.25, 0.3) is 5.91 Å². The van der Waals surface area contributed by atoms with Gasteiger partial charge in [-0.2, -0.15) is 0 Å². The van der Waals surface area contributed by atoms with E-state index in [0.717, 1.165) is 35.5 Å². The van der Waals surface area contributed by atoms with Gasteiger partial charge >= 0.3 is 0 Å². The minimum absolute atomic E-state index is 0.0140. The number of thiophene rings is 1. The third-order valence-electron chi connectivity index (χ3n) is 4.11. The lowest BCUT2D eigenvalue weighted by Crippen LogP contribution is -2.42. The number of ether oxygens (including phenoxy) is 1. The Kier molecular flexibility index (Phi) is 4.60. The summed E-state index contributed by atoms with van der Waals surface area (Å²) in [6.45, 7) is 4.80. The molecule has 0 aliphatic carbocycles. The zero-order chi connectivity index (χ0) is 15.5. The third kappa shape index (κ3) is 3.23. The van der Waals surface area contributed by atoms with Gasteiger partial charge in [-0.1, -0.05) is 29.8 Å². The molecule has 0 spiro atoms. The van der Waals surface area contributed by atoms with Gasteiger partial charge in [-0.05, 0) is 49.3 Å². The molecule has 3 rings (SSSR count). The minimum atomic E-state index is -0.0569. The molecule has 22 heavy (non-hydrogen) atoms. The van der Waals surface area contributed by atoms with Crippen molar-refractivity contribution in [1.29, 1.82) is 0 Å². The summed E-state index contributed by atoms with van der Waals surface area (Å²) >= 11 is 1.49. The molecule has 2 atom stereocenters. The van der Waals surface area contributed by atoms with E-state index in [9.17, 15) is 4.79 Å². The van der Waals surface area contributed by atoms with Crippen molar-refractivity contribution in [1.82, 2.24) is 5.32 Å². The van der Waals surface area contributed by atoms with E-state index in [0.29, 0.717) is 0 Å². The van der Waals surface area contributed by atoms with Gasteiger partial charge in [0.1, 0.15) is 6.10 Å². The van der Waals surface area contributed by atoms with Crippen molar-refractivity contribution in [3.05, 3.63) is 57.3 Å². The molecule has 1 fully saturated rings. The smallest absolute Gasteiger partial charge is 0.261 e. The maximum atomic E-state index is 12.5. The molecule has 1 amide bonds. The summed E-state index contributed by atoms with van der Waals surface area (Å²) in [6.07, 6.45) is 1.88. The fourth-order valence-electron chi connectivity index (χ4n) is 2.85. The van der Waals surface area contributed by atoms with E-state index in [4.69, 9.17) is 4.74 Å². The van der Waals surface area contributed by atoms with E-state index in [1.807, 2.05) is 18.4 Å². The third-order valence-corrected chi connectivity index (χ3v) is 5.13. The van der Waals surface area contributed by atoms with Gasteiger partial charge in [-0.3, -0.25) is 4.79 Å². The van der Waals surface area contributed by atoms with Crippen molar-refractivity contribution in [2.75, 3.05) is 6.61 Å². The number of amides is 1. The lowest BCUT2D eigenvalue weighted by molar-refractivity contribution is -0.00942. The second-order valence-electron chi connectivity index (χ2n) is 5.86. The summed E-state index contributed by atoms with van der Waals surface area (Å²) in [5.74, 6) is 0.0140. The summed E-state index contributed by atoms with van der Waals surface area (Å²) in [4.78, 5) is 13.3. The molecule has 0 bridgehead atoms. The molecule has 1 aromatic heterocycles. The van der Waals surface area contributed by atoms with Crippen LogP contribution in [0, 0.1) is 13.8 Å². The molecule has 0 unspecified atom stereocenters. The van der Waals surface area contributed by atoms with Crippen LogP contribution in [0.15, 0.2) is 35.7 Å². The summed E-state index contributed by atoms with van der Waals surface area (Å²) in [7, 11) is 0. The first-order chi connectivity index (χ1) is 10.6. The molecular formula is C18H21NO2S. The number of nitrogens with one attached hydrogen (secondary N) is 1. The number of rotatable bonds is 3. The van der Waals surface area contributed by atoms with Crippen LogP contribution in [0.5, 0.6) is 0 Å². The van der Waals surface area contributed by atoms with Crippen molar-refractivity contribution in [3.63, 3.8) is 0 Å². The molecule has 1 aromatic carbocycles. The van der Waals surface area contributed by atoms with Gasteiger partial charge in [0, 0.05) is 6.61 Å². The highest BCUT2D eigenvalue weighted by Crippen LogP contribution is 2.29. The molecule has 1 aliphatic rings. The predicted molar refractivity (Wildman–Crippen MR) is 89.4 cm³/mol. The number of benzene rings is 1. The van der Waals surface area contributed by atoms with Crippen molar-refractivity contribution < 1.29 is 9.53 Å². The summed E-state index contributed by atoms with van der Waals surface area (Å²) in [5, 5.41) is 5.13. The summed E-state index contributed by atoms with van der Waals surface area (Å²) < 4.78 is 5.95. The second-order valence-corrected chi connectivity index (χ2v) is 6.77. The fourth-order valence-corrected chi connectivity index (χ4v) is 3.68. The molecule has 3 nitrogen and oxygen atoms in total. The average molecular weight is 315 g/mol. The molecule has 2 heterocycles. The highest BCUT2D eigenvalue weighted by molar-refractivity contribution is 7.12. The van der Waals surface area contributed by atoms with E-state index >= 15 is 0 Å². The molecule has 116 valence electrons. The second kappa shape index (κ2) is 6.63. The van der Waals surface area contributed by atoms with Crippen LogP contribution in [0.2, 0.25) is 0 Å². The topological polar surface area (TPSA) is 38.3 Å². The Morgan fingerprint density at radius 1 is 1.23 bits per heavy atom. The van der Waals surface area contributed by atoms with E-state index < -0.39 is 0 Å². The van der Waals surface area contributed by atoms with Crippen LogP contribution in [0.1, 0.15) is 45.3 Å². The van der Waals surface area contributed by atoms with E-state index in [1.54, 1.807) is 0 Å². The molecule has 0 saturated carbocycles. The van der Waals surface area contributed by atoms with Gasteiger partial charge in [0.05, 0.1) is 10.9 Å². The first-order valence-electron chi connectivity index (χ1n) is 7.68. The van der Waals surface area contributed by atoms with Crippen molar-refractivity contribution in [2.24, 2.45) is 0 Å². The first kappa shape index (κ1) is 15.3. The fraction of sp³-hybridized carbons (Fsp3) is 0.389. The Bertz CT molecular complexity index is 647. The van der Waals surface area contributed by atoms with Gasteiger partial charge < -0.3 is 10.1 Å². The minimum Gasteiger partial charge on any atom is -0.371 e. The maximum absolute atomic E-state index is 12.5. The van der Waals surface area contributed by atoms with Crippen LogP contribution in [0.3, 0.4) is 0 Å². The molecular weight excluding hydrogens is 294 g/mol. The van der Waals surface area contributed by atoms with Gasteiger partial charge in [-0.25, -0.2) is 0 Å². The molecule has 1 N–H and O–H groups in total. The summed E-state index contributed by atoms with van der Waals surface area (Å²) in [6, 6.07) is 10.4. The van der Waals surface area contributed by atoms with Crippen LogP contribution in [0.4, 0.5) is 0 Å². The Morgan fingerprint density at radius 2 is 2.00 bits per heavy atom. The largest absolute Gasteiger partial charge is 0.371 e. The SMILES string of the molecule is Cc1ccc([C@H]2OCCC[C@@H]2NC(=O)c2sccc2C)cc1. The quantitative estimate of drug-likeness (QED) is 0.929. The Hall–Kier alpha value is -1.65. The van der Waals surface area contributed by atoms with Crippen LogP contribution in [0.25, 0.3) is 0 Å². The standard InChI is InChI=1S/C18H21NO2S/c1-12-5-7-14(8-6-12)16-15(4-3-10-21-16)19-18(20)17-13(2)9-11-22-17/h5-9,11,15-16H,3-4,10H2,1-2H3,(H,19,20)/t15-,16+/m0/s1. The van der Waals surface area contributed by atoms with E-state index in [2.05, 4.69) is 36.5 Å². The van der Waals surface area contributed by atoms with Crippen LogP contribution >= 0.6 is 11.3 Å². The van der Waals surface area contributed by atoms with Crippen molar-refractivity contribution >= 4 is 17.2 Å². The Balaban J connectivity index is 1.77. The van der Waals surface area contributed by atoms with E-state index in [1.165, 1.54) is 16.9 Å². The maximum Gasteiger partial charge on any atom is 0.261 e. The first-order valence-corrected chi connectivity index (χ1v) is 8.56. The Morgan fingerprint density at radius 3 is 2.68 bits per heavy atom. The van der Waals surface area contributed by atoms with Gasteiger partial charge in [0.15, 0.2) is 0 Å². The zero-order valence-electron chi connectivity index (χ0n) is 13.0. The van der Waals surface area contributed by atoms with Crippen molar-refractivity contribution in [3.8, 4) is 0 Å². The average Bonchev–Trinajstić information content (AvgIpc) is 2.95. The van der Waals surface area contributed by atoms with Crippen LogP contribution in [-0.4, -0.2) is 18.6 Å².